The number of pyridine rings is 1. The van der Waals surface area contributed by atoms with Gasteiger partial charge >= 0.3 is 0 Å². The topological polar surface area (TPSA) is 64.9 Å². The van der Waals surface area contributed by atoms with Gasteiger partial charge in [0.2, 0.25) is 0 Å². The molecule has 0 saturated carbocycles. The zero-order valence-corrected chi connectivity index (χ0v) is 10.7. The maximum absolute atomic E-state index is 13.4. The fraction of sp³-hybridized carbons (Fsp3) is 0.417. The molecule has 0 saturated heterocycles. The molecule has 0 spiro atoms. The third-order valence-corrected chi connectivity index (χ3v) is 2.65. The first kappa shape index (κ1) is 13.4. The van der Waals surface area contributed by atoms with Gasteiger partial charge in [-0.3, -0.25) is 4.98 Å². The minimum atomic E-state index is -0.382. The van der Waals surface area contributed by atoms with Crippen LogP contribution in [-0.2, 0) is 17.8 Å². The smallest absolute Gasteiger partial charge is 0.164 e. The van der Waals surface area contributed by atoms with Crippen molar-refractivity contribution in [3.63, 3.8) is 0 Å². The SMILES string of the molecule is COCCCn1cnnc1CNc1ccncc1F. The Morgan fingerprint density at radius 2 is 2.37 bits per heavy atom. The van der Waals surface area contributed by atoms with Crippen molar-refractivity contribution < 1.29 is 9.13 Å². The summed E-state index contributed by atoms with van der Waals surface area (Å²) in [5.74, 6) is 0.375. The van der Waals surface area contributed by atoms with Gasteiger partial charge in [0, 0.05) is 26.5 Å². The molecule has 2 aromatic heterocycles. The van der Waals surface area contributed by atoms with Crippen LogP contribution in [0.15, 0.2) is 24.8 Å². The van der Waals surface area contributed by atoms with E-state index in [4.69, 9.17) is 4.74 Å². The van der Waals surface area contributed by atoms with Gasteiger partial charge in [0.25, 0.3) is 0 Å². The maximum atomic E-state index is 13.4. The highest BCUT2D eigenvalue weighted by Gasteiger charge is 2.06. The zero-order chi connectivity index (χ0) is 13.5. The van der Waals surface area contributed by atoms with E-state index in [2.05, 4.69) is 20.5 Å². The lowest BCUT2D eigenvalue weighted by atomic mass is 10.4. The van der Waals surface area contributed by atoms with E-state index < -0.39 is 0 Å². The Labute approximate surface area is 110 Å². The van der Waals surface area contributed by atoms with Crippen LogP contribution in [0.5, 0.6) is 0 Å². The van der Waals surface area contributed by atoms with Gasteiger partial charge in [-0.1, -0.05) is 0 Å². The van der Waals surface area contributed by atoms with Crippen LogP contribution in [0.4, 0.5) is 10.1 Å². The summed E-state index contributed by atoms with van der Waals surface area (Å²) in [5.41, 5.74) is 0.404. The number of hydrogen-bond acceptors (Lipinski definition) is 5. The second kappa shape index (κ2) is 6.79. The average Bonchev–Trinajstić information content (AvgIpc) is 2.86. The summed E-state index contributed by atoms with van der Waals surface area (Å²) in [5, 5.41) is 10.8. The predicted octanol–water partition coefficient (Wildman–Crippen LogP) is 1.46. The minimum absolute atomic E-state index is 0.382. The monoisotopic (exact) mass is 265 g/mol. The van der Waals surface area contributed by atoms with Crippen molar-refractivity contribution in [3.8, 4) is 0 Å². The number of rotatable bonds is 7. The number of nitrogens with zero attached hydrogens (tertiary/aromatic N) is 4. The third-order valence-electron chi connectivity index (χ3n) is 2.65. The van der Waals surface area contributed by atoms with E-state index in [0.29, 0.717) is 18.8 Å². The lowest BCUT2D eigenvalue weighted by Gasteiger charge is -2.08. The minimum Gasteiger partial charge on any atom is -0.385 e. The van der Waals surface area contributed by atoms with Gasteiger partial charge in [0.05, 0.1) is 18.4 Å². The van der Waals surface area contributed by atoms with Gasteiger partial charge in [-0.15, -0.1) is 10.2 Å². The highest BCUT2D eigenvalue weighted by Crippen LogP contribution is 2.12. The first-order valence-electron chi connectivity index (χ1n) is 6.00. The van der Waals surface area contributed by atoms with E-state index in [9.17, 15) is 4.39 Å². The van der Waals surface area contributed by atoms with Crippen LogP contribution in [0.2, 0.25) is 0 Å². The standard InChI is InChI=1S/C12H16FN5O/c1-19-6-2-5-18-9-16-17-12(18)8-15-11-3-4-14-7-10(11)13/h3-4,7,9H,2,5-6,8H2,1H3,(H,14,15). The summed E-state index contributed by atoms with van der Waals surface area (Å²) >= 11 is 0. The normalized spacial score (nSPS) is 10.6. The highest BCUT2D eigenvalue weighted by atomic mass is 19.1. The van der Waals surface area contributed by atoms with Crippen molar-refractivity contribution in [1.82, 2.24) is 19.7 Å². The van der Waals surface area contributed by atoms with Crippen LogP contribution in [0.3, 0.4) is 0 Å². The van der Waals surface area contributed by atoms with Crippen LogP contribution < -0.4 is 5.32 Å². The lowest BCUT2D eigenvalue weighted by molar-refractivity contribution is 0.190. The first-order valence-corrected chi connectivity index (χ1v) is 6.00. The molecule has 0 aromatic carbocycles. The maximum Gasteiger partial charge on any atom is 0.164 e. The third kappa shape index (κ3) is 3.72. The number of ether oxygens (including phenoxy) is 1. The lowest BCUT2D eigenvalue weighted by Crippen LogP contribution is -2.10. The summed E-state index contributed by atoms with van der Waals surface area (Å²) in [6.07, 6.45) is 5.25. The number of halogens is 1. The number of aromatic nitrogens is 4. The van der Waals surface area contributed by atoms with Gasteiger partial charge in [-0.25, -0.2) is 4.39 Å². The molecule has 0 bridgehead atoms. The van der Waals surface area contributed by atoms with Crippen LogP contribution in [0, 0.1) is 5.82 Å². The molecule has 0 atom stereocenters. The van der Waals surface area contributed by atoms with E-state index in [1.165, 1.54) is 12.4 Å². The molecule has 2 aromatic rings. The number of anilines is 1. The number of methoxy groups -OCH3 is 1. The second-order valence-electron chi connectivity index (χ2n) is 4.00. The van der Waals surface area contributed by atoms with Gasteiger partial charge in [0.1, 0.15) is 6.33 Å². The number of nitrogens with one attached hydrogen (secondary N) is 1. The Kier molecular flexibility index (Phi) is 4.79. The summed E-state index contributed by atoms with van der Waals surface area (Å²) in [7, 11) is 1.67. The second-order valence-corrected chi connectivity index (χ2v) is 4.00. The molecule has 0 unspecified atom stereocenters. The molecule has 0 aliphatic rings. The van der Waals surface area contributed by atoms with Crippen LogP contribution in [0.25, 0.3) is 0 Å². The van der Waals surface area contributed by atoms with Crippen LogP contribution in [-0.4, -0.2) is 33.5 Å². The van der Waals surface area contributed by atoms with Crippen molar-refractivity contribution in [2.75, 3.05) is 19.0 Å². The van der Waals surface area contributed by atoms with Gasteiger partial charge in [0.15, 0.2) is 11.6 Å². The largest absolute Gasteiger partial charge is 0.385 e. The molecule has 1 N–H and O–H groups in total. The molecular formula is C12H16FN5O. The number of aryl methyl sites for hydroxylation is 1. The first-order chi connectivity index (χ1) is 9.31. The molecule has 0 amide bonds. The van der Waals surface area contributed by atoms with E-state index >= 15 is 0 Å². The Morgan fingerprint density at radius 1 is 1.47 bits per heavy atom. The van der Waals surface area contributed by atoms with Crippen molar-refractivity contribution >= 4 is 5.69 Å². The number of hydrogen-bond donors (Lipinski definition) is 1. The Morgan fingerprint density at radius 3 is 3.16 bits per heavy atom. The molecule has 19 heavy (non-hydrogen) atoms. The summed E-state index contributed by atoms with van der Waals surface area (Å²) in [4.78, 5) is 3.70. The Bertz CT molecular complexity index is 516. The molecular weight excluding hydrogens is 249 g/mol. The molecule has 0 fully saturated rings. The molecule has 6 nitrogen and oxygen atoms in total. The van der Waals surface area contributed by atoms with Gasteiger partial charge < -0.3 is 14.6 Å². The van der Waals surface area contributed by atoms with Crippen molar-refractivity contribution in [2.45, 2.75) is 19.5 Å². The molecule has 2 heterocycles. The average molecular weight is 265 g/mol. The van der Waals surface area contributed by atoms with E-state index in [1.54, 1.807) is 19.5 Å². The molecule has 0 radical (unpaired) electrons. The molecule has 7 heteroatoms. The highest BCUT2D eigenvalue weighted by molar-refractivity contribution is 5.42. The van der Waals surface area contributed by atoms with E-state index in [-0.39, 0.29) is 5.82 Å². The molecule has 2 rings (SSSR count). The van der Waals surface area contributed by atoms with E-state index in [1.807, 2.05) is 4.57 Å². The van der Waals surface area contributed by atoms with Crippen LogP contribution in [0.1, 0.15) is 12.2 Å². The quantitative estimate of drug-likeness (QED) is 0.768. The zero-order valence-electron chi connectivity index (χ0n) is 10.7. The Balaban J connectivity index is 1.93. The molecule has 102 valence electrons. The predicted molar refractivity (Wildman–Crippen MR) is 68.0 cm³/mol. The van der Waals surface area contributed by atoms with Crippen LogP contribution >= 0.6 is 0 Å². The van der Waals surface area contributed by atoms with Crippen molar-refractivity contribution in [3.05, 3.63) is 36.4 Å². The molecule has 0 aliphatic carbocycles. The summed E-state index contributed by atoms with van der Waals surface area (Å²) in [6, 6.07) is 1.58. The fourth-order valence-electron chi connectivity index (χ4n) is 1.67. The Hall–Kier alpha value is -2.02. The van der Waals surface area contributed by atoms with Crippen molar-refractivity contribution in [2.24, 2.45) is 0 Å². The van der Waals surface area contributed by atoms with Gasteiger partial charge in [-0.05, 0) is 12.5 Å². The van der Waals surface area contributed by atoms with Gasteiger partial charge in [-0.2, -0.15) is 0 Å². The fourth-order valence-corrected chi connectivity index (χ4v) is 1.67. The molecule has 0 aliphatic heterocycles. The summed E-state index contributed by atoms with van der Waals surface area (Å²) in [6.45, 7) is 1.87. The van der Waals surface area contributed by atoms with E-state index in [0.717, 1.165) is 18.8 Å². The summed E-state index contributed by atoms with van der Waals surface area (Å²) < 4.78 is 20.3. The van der Waals surface area contributed by atoms with Crippen molar-refractivity contribution in [1.29, 1.82) is 0 Å².